The Kier molecular flexibility index (Phi) is 10.7. The Morgan fingerprint density at radius 3 is 2.53 bits per heavy atom. The van der Waals surface area contributed by atoms with Gasteiger partial charge in [-0.1, -0.05) is 55.8 Å². The van der Waals surface area contributed by atoms with Crippen molar-refractivity contribution in [2.75, 3.05) is 19.0 Å². The number of halogens is 2. The zero-order valence-corrected chi connectivity index (χ0v) is 28.6. The molecule has 0 bridgehead atoms. The number of fused-ring (bicyclic) bond motifs is 1. The molecule has 0 spiro atoms. The van der Waals surface area contributed by atoms with Crippen molar-refractivity contribution >= 4 is 33.2 Å². The fourth-order valence-electron chi connectivity index (χ4n) is 5.31. The van der Waals surface area contributed by atoms with Gasteiger partial charge in [0, 0.05) is 24.4 Å². The minimum absolute atomic E-state index is 0.178. The van der Waals surface area contributed by atoms with Crippen LogP contribution < -0.4 is 14.8 Å². The van der Waals surface area contributed by atoms with Crippen LogP contribution in [0.4, 0.5) is 10.2 Å². The predicted molar refractivity (Wildman–Crippen MR) is 188 cm³/mol. The Balaban J connectivity index is 1.21. The van der Waals surface area contributed by atoms with E-state index in [0.29, 0.717) is 39.7 Å². The van der Waals surface area contributed by atoms with Crippen LogP contribution in [0, 0.1) is 5.82 Å². The number of anilines is 1. The number of hydrogen-bond donors (Lipinski definition) is 1. The Morgan fingerprint density at radius 2 is 1.73 bits per heavy atom. The lowest BCUT2D eigenvalue weighted by molar-refractivity contribution is -0.141. The van der Waals surface area contributed by atoms with E-state index in [2.05, 4.69) is 43.2 Å². The van der Waals surface area contributed by atoms with Crippen molar-refractivity contribution in [3.8, 4) is 34.0 Å². The van der Waals surface area contributed by atoms with Crippen molar-refractivity contribution in [1.29, 1.82) is 0 Å². The Morgan fingerprint density at radius 1 is 0.959 bits per heavy atom. The molecule has 3 heterocycles. The number of carbonyl (C=O) groups excluding carboxylic acids is 1. The van der Waals surface area contributed by atoms with Crippen LogP contribution in [0.15, 0.2) is 102 Å². The lowest BCUT2D eigenvalue weighted by Gasteiger charge is -2.19. The van der Waals surface area contributed by atoms with Crippen molar-refractivity contribution in [3.05, 3.63) is 119 Å². The van der Waals surface area contributed by atoms with Crippen molar-refractivity contribution in [2.45, 2.75) is 38.8 Å². The molecule has 49 heavy (non-hydrogen) atoms. The van der Waals surface area contributed by atoms with E-state index in [4.69, 9.17) is 19.2 Å². The third kappa shape index (κ3) is 7.86. The summed E-state index contributed by atoms with van der Waals surface area (Å²) in [6.07, 6.45) is 7.15. The Hall–Kier alpha value is -5.36. The Labute approximate surface area is 291 Å². The molecule has 0 saturated carbocycles. The van der Waals surface area contributed by atoms with Gasteiger partial charge in [-0.3, -0.25) is 0 Å². The third-order valence-electron chi connectivity index (χ3n) is 7.83. The molecule has 0 saturated heterocycles. The predicted octanol–water partition coefficient (Wildman–Crippen LogP) is 7.71. The average Bonchev–Trinajstić information content (AvgIpc) is 3.48. The number of para-hydroxylation sites is 2. The topological polar surface area (TPSA) is 113 Å². The number of aromatic nitrogens is 5. The molecule has 6 aromatic rings. The van der Waals surface area contributed by atoms with E-state index >= 15 is 0 Å². The summed E-state index contributed by atoms with van der Waals surface area (Å²) in [4.78, 5) is 26.8. The summed E-state index contributed by atoms with van der Waals surface area (Å²) in [6.45, 7) is 2.92. The molecule has 0 amide bonds. The molecule has 0 aliphatic carbocycles. The first kappa shape index (κ1) is 33.5. The number of ether oxygens (including phenoxy) is 3. The molecule has 0 aliphatic rings. The summed E-state index contributed by atoms with van der Waals surface area (Å²) in [5, 5.41) is 7.61. The standard InChI is InChI=1S/C37H34BrFN6O4/c1-3-4-19-48-32-12-8-6-10-28(32)35-40-18-17-27(43-35)22-49-31-11-7-5-9-25(31)20-30(37(46)47-2)44-36-34-33(38)29(21-45(34)42-23-41-36)24-13-15-26(39)16-14-24/h5-18,21,23,30H,3-4,19-20,22H2,1-2H3,(H,41,42,44)/t30-/m1/s1. The molecule has 12 heteroatoms. The normalized spacial score (nSPS) is 11.7. The molecule has 0 aliphatic heterocycles. The number of esters is 1. The maximum Gasteiger partial charge on any atom is 0.328 e. The number of nitrogens with one attached hydrogen (secondary N) is 1. The summed E-state index contributed by atoms with van der Waals surface area (Å²) >= 11 is 3.67. The second-order valence-electron chi connectivity index (χ2n) is 11.2. The monoisotopic (exact) mass is 724 g/mol. The maximum absolute atomic E-state index is 13.6. The summed E-state index contributed by atoms with van der Waals surface area (Å²) < 4.78 is 33.4. The zero-order valence-electron chi connectivity index (χ0n) is 27.0. The van der Waals surface area contributed by atoms with Gasteiger partial charge in [-0.2, -0.15) is 5.10 Å². The van der Waals surface area contributed by atoms with Crippen molar-refractivity contribution in [2.24, 2.45) is 0 Å². The van der Waals surface area contributed by atoms with Crippen LogP contribution in [0.25, 0.3) is 28.0 Å². The van der Waals surface area contributed by atoms with Crippen LogP contribution in [0.5, 0.6) is 11.5 Å². The quantitative estimate of drug-likeness (QED) is 0.0892. The van der Waals surface area contributed by atoms with Gasteiger partial charge in [0.1, 0.15) is 41.8 Å². The average molecular weight is 726 g/mol. The van der Waals surface area contributed by atoms with Crippen LogP contribution in [0.2, 0.25) is 0 Å². The lowest BCUT2D eigenvalue weighted by Crippen LogP contribution is -2.33. The molecule has 1 N–H and O–H groups in total. The fourth-order valence-corrected chi connectivity index (χ4v) is 6.01. The molecule has 3 aromatic heterocycles. The number of unbranched alkanes of at least 4 members (excludes halogenated alkanes) is 1. The van der Waals surface area contributed by atoms with Crippen molar-refractivity contribution < 1.29 is 23.4 Å². The van der Waals surface area contributed by atoms with Gasteiger partial charge in [-0.05, 0) is 69.9 Å². The van der Waals surface area contributed by atoms with Gasteiger partial charge in [-0.25, -0.2) is 28.7 Å². The van der Waals surface area contributed by atoms with E-state index < -0.39 is 12.0 Å². The minimum Gasteiger partial charge on any atom is -0.493 e. The van der Waals surface area contributed by atoms with E-state index in [-0.39, 0.29) is 18.8 Å². The number of rotatable bonds is 14. The highest BCUT2D eigenvalue weighted by atomic mass is 79.9. The van der Waals surface area contributed by atoms with E-state index in [1.54, 1.807) is 28.9 Å². The highest BCUT2D eigenvalue weighted by Crippen LogP contribution is 2.36. The van der Waals surface area contributed by atoms with E-state index in [1.807, 2.05) is 54.7 Å². The summed E-state index contributed by atoms with van der Waals surface area (Å²) in [6, 6.07) is 22.4. The summed E-state index contributed by atoms with van der Waals surface area (Å²) in [5.41, 5.74) is 4.46. The number of methoxy groups -OCH3 is 1. The summed E-state index contributed by atoms with van der Waals surface area (Å²) in [5.74, 6) is 1.49. The lowest BCUT2D eigenvalue weighted by atomic mass is 10.0. The highest BCUT2D eigenvalue weighted by molar-refractivity contribution is 9.10. The fraction of sp³-hybridized carbons (Fsp3) is 0.216. The molecular weight excluding hydrogens is 691 g/mol. The molecule has 0 fully saturated rings. The summed E-state index contributed by atoms with van der Waals surface area (Å²) in [7, 11) is 1.34. The van der Waals surface area contributed by atoms with E-state index in [0.717, 1.165) is 40.8 Å². The first-order valence-electron chi connectivity index (χ1n) is 15.8. The second-order valence-corrected chi connectivity index (χ2v) is 11.9. The molecule has 0 unspecified atom stereocenters. The molecule has 10 nitrogen and oxygen atoms in total. The SMILES string of the molecule is CCCCOc1ccccc1-c1nccc(COc2ccccc2C[C@@H](Nc2ncnn3cc(-c4ccc(F)cc4)c(Br)c23)C(=O)OC)n1. The third-order valence-corrected chi connectivity index (χ3v) is 8.64. The van der Waals surface area contributed by atoms with Gasteiger partial charge in [0.25, 0.3) is 0 Å². The van der Waals surface area contributed by atoms with Crippen molar-refractivity contribution in [1.82, 2.24) is 24.6 Å². The number of carbonyl (C=O) groups is 1. The maximum atomic E-state index is 13.6. The van der Waals surface area contributed by atoms with Gasteiger partial charge in [0.2, 0.25) is 0 Å². The largest absolute Gasteiger partial charge is 0.493 e. The number of nitrogens with zero attached hydrogens (tertiary/aromatic N) is 5. The van der Waals surface area contributed by atoms with Gasteiger partial charge in [-0.15, -0.1) is 0 Å². The van der Waals surface area contributed by atoms with Gasteiger partial charge in [0.05, 0.1) is 29.4 Å². The number of benzene rings is 3. The van der Waals surface area contributed by atoms with Crippen LogP contribution in [-0.4, -0.2) is 50.3 Å². The molecule has 1 atom stereocenters. The van der Waals surface area contributed by atoms with E-state index in [1.165, 1.54) is 25.6 Å². The first-order valence-corrected chi connectivity index (χ1v) is 16.6. The smallest absolute Gasteiger partial charge is 0.328 e. The van der Waals surface area contributed by atoms with Crippen LogP contribution in [-0.2, 0) is 22.6 Å². The van der Waals surface area contributed by atoms with Gasteiger partial charge < -0.3 is 19.5 Å². The molecule has 3 aromatic carbocycles. The highest BCUT2D eigenvalue weighted by Gasteiger charge is 2.25. The van der Waals surface area contributed by atoms with Gasteiger partial charge >= 0.3 is 5.97 Å². The van der Waals surface area contributed by atoms with E-state index in [9.17, 15) is 9.18 Å². The van der Waals surface area contributed by atoms with Crippen LogP contribution >= 0.6 is 15.9 Å². The molecule has 6 rings (SSSR count). The van der Waals surface area contributed by atoms with Crippen LogP contribution in [0.1, 0.15) is 31.0 Å². The van der Waals surface area contributed by atoms with Gasteiger partial charge in [0.15, 0.2) is 11.6 Å². The molecule has 0 radical (unpaired) electrons. The second kappa shape index (κ2) is 15.7. The molecule has 250 valence electrons. The molecular formula is C37H34BrFN6O4. The van der Waals surface area contributed by atoms with Crippen LogP contribution in [0.3, 0.4) is 0 Å². The Bertz CT molecular complexity index is 2060. The number of hydrogen-bond acceptors (Lipinski definition) is 9. The van der Waals surface area contributed by atoms with Crippen molar-refractivity contribution in [3.63, 3.8) is 0 Å². The first-order chi connectivity index (χ1) is 23.9. The zero-order chi connectivity index (χ0) is 34.2. The minimum atomic E-state index is -0.820.